The Bertz CT molecular complexity index is 771. The van der Waals surface area contributed by atoms with E-state index in [9.17, 15) is 39.5 Å². The Morgan fingerprint density at radius 3 is 1.68 bits per heavy atom. The minimum Gasteiger partial charge on any atom is -0.478 e. The van der Waals surface area contributed by atoms with Crippen molar-refractivity contribution >= 4 is 35.9 Å². The summed E-state index contributed by atoms with van der Waals surface area (Å²) in [4.78, 5) is 55.3. The molecule has 0 aliphatic heterocycles. The van der Waals surface area contributed by atoms with Crippen LogP contribution in [0.3, 0.4) is 0 Å². The lowest BCUT2D eigenvalue weighted by Crippen LogP contribution is -2.15. The molecule has 0 aliphatic carbocycles. The van der Waals surface area contributed by atoms with Gasteiger partial charge in [0.15, 0.2) is 0 Å². The maximum Gasteiger partial charge on any atom is 0.333 e. The van der Waals surface area contributed by atoms with E-state index < -0.39 is 16.9 Å². The molecule has 0 fully saturated rings. The maximum absolute atomic E-state index is 11.4. The molecule has 1 rings (SSSR count). The highest BCUT2D eigenvalue weighted by atomic mass is 16.6. The highest BCUT2D eigenvalue weighted by Crippen LogP contribution is 2.23. The lowest BCUT2D eigenvalue weighted by Gasteiger charge is -2.18. The van der Waals surface area contributed by atoms with Gasteiger partial charge in [0.1, 0.15) is 12.6 Å². The first-order chi connectivity index (χ1) is 13.3. The van der Waals surface area contributed by atoms with Crippen molar-refractivity contribution in [2.75, 3.05) is 4.90 Å². The van der Waals surface area contributed by atoms with E-state index in [2.05, 4.69) is 0 Å². The molecule has 10 heteroatoms. The summed E-state index contributed by atoms with van der Waals surface area (Å²) < 4.78 is 0. The SMILES string of the molecule is O=CCCC(=CN(C=C(CCC=O)C(=O)O)c1ccc([N+](=O)[O-])cc1)C(=O)O. The molecule has 2 N–H and O–H groups in total. The van der Waals surface area contributed by atoms with Crippen molar-refractivity contribution in [2.24, 2.45) is 0 Å². The second-order valence-electron chi connectivity index (χ2n) is 5.51. The zero-order valence-corrected chi connectivity index (χ0v) is 14.7. The van der Waals surface area contributed by atoms with Crippen molar-refractivity contribution in [2.45, 2.75) is 25.7 Å². The average molecular weight is 390 g/mol. The van der Waals surface area contributed by atoms with E-state index in [-0.39, 0.29) is 48.2 Å². The standard InChI is InChI=1S/C18H18N2O8/c21-9-1-3-13(17(23)24)11-19(12-14(18(25)26)4-2-10-22)15-5-7-16(8-6-15)20(27)28/h5-12H,1-4H2,(H,23,24)(H,25,26). The van der Waals surface area contributed by atoms with Gasteiger partial charge in [0.25, 0.3) is 5.69 Å². The summed E-state index contributed by atoms with van der Waals surface area (Å²) in [5, 5.41) is 29.4. The van der Waals surface area contributed by atoms with Crippen LogP contribution < -0.4 is 4.90 Å². The maximum atomic E-state index is 11.4. The zero-order valence-electron chi connectivity index (χ0n) is 14.7. The van der Waals surface area contributed by atoms with Crippen molar-refractivity contribution in [1.29, 1.82) is 0 Å². The third-order valence-corrected chi connectivity index (χ3v) is 3.56. The topological polar surface area (TPSA) is 155 Å². The van der Waals surface area contributed by atoms with Gasteiger partial charge in [0.05, 0.1) is 16.1 Å². The minimum absolute atomic E-state index is 0.0487. The lowest BCUT2D eigenvalue weighted by molar-refractivity contribution is -0.384. The van der Waals surface area contributed by atoms with E-state index in [4.69, 9.17) is 0 Å². The quantitative estimate of drug-likeness (QED) is 0.237. The fraction of sp³-hybridized carbons (Fsp3) is 0.222. The van der Waals surface area contributed by atoms with Gasteiger partial charge in [-0.1, -0.05) is 0 Å². The van der Waals surface area contributed by atoms with E-state index in [0.717, 1.165) is 12.4 Å². The smallest absolute Gasteiger partial charge is 0.333 e. The molecule has 0 saturated carbocycles. The van der Waals surface area contributed by atoms with Crippen molar-refractivity contribution < 1.29 is 34.3 Å². The summed E-state index contributed by atoms with van der Waals surface area (Å²) in [6.07, 6.45) is 3.10. The van der Waals surface area contributed by atoms with E-state index in [1.807, 2.05) is 0 Å². The van der Waals surface area contributed by atoms with Crippen LogP contribution in [0, 0.1) is 10.1 Å². The number of non-ortho nitro benzene ring substituents is 1. The molecule has 0 radical (unpaired) electrons. The van der Waals surface area contributed by atoms with Gasteiger partial charge in [-0.05, 0) is 25.0 Å². The predicted octanol–water partition coefficient (Wildman–Crippen LogP) is 2.30. The van der Waals surface area contributed by atoms with Gasteiger partial charge in [-0.25, -0.2) is 9.59 Å². The number of anilines is 1. The molecule has 0 aromatic heterocycles. The zero-order chi connectivity index (χ0) is 21.1. The van der Waals surface area contributed by atoms with Gasteiger partial charge in [-0.2, -0.15) is 0 Å². The Labute approximate surface area is 159 Å². The fourth-order valence-corrected chi connectivity index (χ4v) is 2.15. The molecule has 1 aromatic carbocycles. The molecule has 0 spiro atoms. The molecule has 0 unspecified atom stereocenters. The number of aldehydes is 2. The minimum atomic E-state index is -1.30. The number of aliphatic carboxylic acids is 2. The van der Waals surface area contributed by atoms with E-state index in [0.29, 0.717) is 12.6 Å². The van der Waals surface area contributed by atoms with Crippen molar-refractivity contribution in [3.05, 3.63) is 57.9 Å². The van der Waals surface area contributed by atoms with E-state index >= 15 is 0 Å². The molecule has 0 bridgehead atoms. The fourth-order valence-electron chi connectivity index (χ4n) is 2.15. The molecule has 28 heavy (non-hydrogen) atoms. The number of hydrogen-bond donors (Lipinski definition) is 2. The summed E-state index contributed by atoms with van der Waals surface area (Å²) in [5.74, 6) is -2.60. The van der Waals surface area contributed by atoms with Crippen LogP contribution in [0.2, 0.25) is 0 Å². The van der Waals surface area contributed by atoms with Crippen LogP contribution in [0.5, 0.6) is 0 Å². The van der Waals surface area contributed by atoms with Gasteiger partial charge < -0.3 is 24.7 Å². The van der Waals surface area contributed by atoms with Crippen LogP contribution in [-0.4, -0.2) is 39.6 Å². The molecule has 0 heterocycles. The number of carbonyl (C=O) groups excluding carboxylic acids is 2. The Morgan fingerprint density at radius 2 is 1.36 bits per heavy atom. The molecular weight excluding hydrogens is 372 g/mol. The number of nitro groups is 1. The molecule has 0 atom stereocenters. The number of carboxylic acids is 2. The number of nitrogens with zero attached hydrogens (tertiary/aromatic N) is 2. The van der Waals surface area contributed by atoms with Crippen LogP contribution in [0.1, 0.15) is 25.7 Å². The lowest BCUT2D eigenvalue weighted by atomic mass is 10.1. The van der Waals surface area contributed by atoms with Crippen LogP contribution in [0.4, 0.5) is 11.4 Å². The third-order valence-electron chi connectivity index (χ3n) is 3.56. The first kappa shape index (κ1) is 22.2. The normalized spacial score (nSPS) is 11.6. The monoisotopic (exact) mass is 390 g/mol. The molecule has 0 amide bonds. The summed E-state index contributed by atoms with van der Waals surface area (Å²) in [6, 6.07) is 5.01. The molecule has 1 aromatic rings. The van der Waals surface area contributed by atoms with Gasteiger partial charge in [0.2, 0.25) is 0 Å². The van der Waals surface area contributed by atoms with Crippen LogP contribution in [0.15, 0.2) is 47.8 Å². The van der Waals surface area contributed by atoms with Gasteiger partial charge in [-0.3, -0.25) is 10.1 Å². The Balaban J connectivity index is 3.44. The van der Waals surface area contributed by atoms with Gasteiger partial charge >= 0.3 is 11.9 Å². The molecular formula is C18H18N2O8. The highest BCUT2D eigenvalue weighted by molar-refractivity contribution is 5.89. The number of benzene rings is 1. The second kappa shape index (κ2) is 11.0. The number of nitro benzene ring substituents is 1. The summed E-state index contributed by atoms with van der Waals surface area (Å²) in [5.41, 5.74) is -0.264. The molecule has 0 aliphatic rings. The van der Waals surface area contributed by atoms with E-state index in [1.165, 1.54) is 29.2 Å². The largest absolute Gasteiger partial charge is 0.478 e. The van der Waals surface area contributed by atoms with Crippen molar-refractivity contribution in [1.82, 2.24) is 0 Å². The first-order valence-electron chi connectivity index (χ1n) is 8.08. The third kappa shape index (κ3) is 6.83. The van der Waals surface area contributed by atoms with Crippen LogP contribution in [-0.2, 0) is 19.2 Å². The van der Waals surface area contributed by atoms with Gasteiger partial charge in [0, 0.05) is 43.1 Å². The van der Waals surface area contributed by atoms with Crippen molar-refractivity contribution in [3.8, 4) is 0 Å². The van der Waals surface area contributed by atoms with Crippen LogP contribution >= 0.6 is 0 Å². The molecule has 148 valence electrons. The molecule has 10 nitrogen and oxygen atoms in total. The average Bonchev–Trinajstić information content (AvgIpc) is 2.66. The first-order valence-corrected chi connectivity index (χ1v) is 8.08. The highest BCUT2D eigenvalue weighted by Gasteiger charge is 2.15. The van der Waals surface area contributed by atoms with Crippen molar-refractivity contribution in [3.63, 3.8) is 0 Å². The summed E-state index contributed by atoms with van der Waals surface area (Å²) in [6.45, 7) is 0. The predicted molar refractivity (Wildman–Crippen MR) is 97.6 cm³/mol. The Morgan fingerprint density at radius 1 is 0.929 bits per heavy atom. The number of rotatable bonds is 12. The van der Waals surface area contributed by atoms with E-state index in [1.54, 1.807) is 0 Å². The Hall–Kier alpha value is -3.82. The number of carbonyl (C=O) groups is 4. The summed E-state index contributed by atoms with van der Waals surface area (Å²) in [7, 11) is 0. The van der Waals surface area contributed by atoms with Gasteiger partial charge in [-0.15, -0.1) is 0 Å². The number of hydrogen-bond acceptors (Lipinski definition) is 7. The Kier molecular flexibility index (Phi) is 8.74. The summed E-state index contributed by atoms with van der Waals surface area (Å²) >= 11 is 0. The molecule has 0 saturated heterocycles. The number of carboxylic acid groups (broad SMARTS) is 2. The second-order valence-corrected chi connectivity index (χ2v) is 5.51. The van der Waals surface area contributed by atoms with Crippen LogP contribution in [0.25, 0.3) is 0 Å².